The van der Waals surface area contributed by atoms with Gasteiger partial charge in [-0.25, -0.2) is 0 Å². The second-order valence-corrected chi connectivity index (χ2v) is 5.12. The van der Waals surface area contributed by atoms with Crippen molar-refractivity contribution >= 4 is 11.7 Å². The first-order chi connectivity index (χ1) is 9.60. The Morgan fingerprint density at radius 2 is 2.15 bits per heavy atom. The summed E-state index contributed by atoms with van der Waals surface area (Å²) in [6, 6.07) is 0.00500. The van der Waals surface area contributed by atoms with Gasteiger partial charge in [0.05, 0.1) is 23.9 Å². The molecule has 0 saturated carbocycles. The first-order valence-corrected chi connectivity index (χ1v) is 6.79. The second-order valence-electron chi connectivity index (χ2n) is 5.12. The molecule has 20 heavy (non-hydrogen) atoms. The minimum absolute atomic E-state index is 0.00500. The molecule has 7 nitrogen and oxygen atoms in total. The van der Waals surface area contributed by atoms with Crippen LogP contribution in [0, 0.1) is 13.8 Å². The van der Waals surface area contributed by atoms with Gasteiger partial charge in [-0.05, 0) is 38.7 Å². The summed E-state index contributed by atoms with van der Waals surface area (Å²) < 4.78 is 0. The van der Waals surface area contributed by atoms with E-state index in [0.29, 0.717) is 11.4 Å². The first kappa shape index (κ1) is 14.5. The van der Waals surface area contributed by atoms with Crippen molar-refractivity contribution in [2.75, 3.05) is 18.1 Å². The van der Waals surface area contributed by atoms with Crippen LogP contribution in [0.2, 0.25) is 0 Å². The van der Waals surface area contributed by atoms with Gasteiger partial charge in [0.25, 0.3) is 0 Å². The van der Waals surface area contributed by atoms with E-state index in [1.54, 1.807) is 0 Å². The van der Waals surface area contributed by atoms with Crippen LogP contribution in [0.4, 0.5) is 5.82 Å². The number of aliphatic hydroxyl groups is 1. The molecule has 0 amide bonds. The quantitative estimate of drug-likeness (QED) is 0.322. The van der Waals surface area contributed by atoms with Gasteiger partial charge in [-0.15, -0.1) is 5.10 Å². The van der Waals surface area contributed by atoms with E-state index in [-0.39, 0.29) is 18.5 Å². The minimum atomic E-state index is 0.00500. The Balaban J connectivity index is 2.52. The van der Waals surface area contributed by atoms with Crippen LogP contribution >= 0.6 is 0 Å². The minimum Gasteiger partial charge on any atom is -0.409 e. The number of aromatic nitrogens is 2. The predicted octanol–water partition coefficient (Wildman–Crippen LogP) is 0.539. The number of nitrogens with two attached hydrogens (primary N) is 1. The van der Waals surface area contributed by atoms with Crippen molar-refractivity contribution in [3.63, 3.8) is 0 Å². The van der Waals surface area contributed by atoms with Gasteiger partial charge >= 0.3 is 0 Å². The molecule has 1 atom stereocenters. The van der Waals surface area contributed by atoms with Gasteiger partial charge in [-0.3, -0.25) is 0 Å². The number of hydrogen-bond acceptors (Lipinski definition) is 6. The number of amidine groups is 1. The Hall–Kier alpha value is -1.89. The third-order valence-electron chi connectivity index (χ3n) is 3.91. The lowest BCUT2D eigenvalue weighted by atomic mass is 10.0. The van der Waals surface area contributed by atoms with Gasteiger partial charge in [0, 0.05) is 6.54 Å². The maximum absolute atomic E-state index is 9.53. The molecule has 0 radical (unpaired) electrons. The fraction of sp³-hybridized carbons (Fsp3) is 0.615. The van der Waals surface area contributed by atoms with Gasteiger partial charge in [0.15, 0.2) is 11.7 Å². The molecule has 1 aliphatic heterocycles. The van der Waals surface area contributed by atoms with Crippen LogP contribution < -0.4 is 10.6 Å². The van der Waals surface area contributed by atoms with Crippen LogP contribution in [0.25, 0.3) is 0 Å². The monoisotopic (exact) mass is 279 g/mol. The zero-order chi connectivity index (χ0) is 14.7. The van der Waals surface area contributed by atoms with E-state index in [0.717, 1.165) is 37.1 Å². The number of oxime groups is 1. The normalized spacial score (nSPS) is 20.2. The molecule has 7 heteroatoms. The number of aryl methyl sites for hydroxylation is 1. The van der Waals surface area contributed by atoms with Crippen molar-refractivity contribution in [2.24, 2.45) is 10.9 Å². The number of aliphatic hydroxyl groups excluding tert-OH is 1. The van der Waals surface area contributed by atoms with Crippen LogP contribution in [-0.4, -0.2) is 45.5 Å². The highest BCUT2D eigenvalue weighted by molar-refractivity contribution is 6.02. The summed E-state index contributed by atoms with van der Waals surface area (Å²) in [5.41, 5.74) is 7.98. The smallest absolute Gasteiger partial charge is 0.174 e. The molecule has 110 valence electrons. The highest BCUT2D eigenvalue weighted by Gasteiger charge is 2.27. The van der Waals surface area contributed by atoms with E-state index in [4.69, 9.17) is 10.9 Å². The molecular formula is C13H21N5O2. The standard InChI is InChI=1S/C13H21N5O2/c1-8-9(2)15-16-13(11(8)12(14)17-20)18-6-4-3-5-10(18)7-19/h10,19-20H,3-7H2,1-2H3,(H2,14,17). The molecule has 1 aliphatic rings. The molecule has 2 rings (SSSR count). The molecule has 0 aliphatic carbocycles. The predicted molar refractivity (Wildman–Crippen MR) is 76.1 cm³/mol. The van der Waals surface area contributed by atoms with Crippen molar-refractivity contribution in [3.05, 3.63) is 16.8 Å². The van der Waals surface area contributed by atoms with E-state index in [2.05, 4.69) is 15.4 Å². The van der Waals surface area contributed by atoms with Crippen LogP contribution in [0.1, 0.15) is 36.1 Å². The molecule has 1 unspecified atom stereocenters. The summed E-state index contributed by atoms with van der Waals surface area (Å²) in [4.78, 5) is 2.01. The number of piperidine rings is 1. The van der Waals surface area contributed by atoms with Crippen LogP contribution in [0.15, 0.2) is 5.16 Å². The fourth-order valence-corrected chi connectivity index (χ4v) is 2.62. The maximum Gasteiger partial charge on any atom is 0.174 e. The molecule has 1 fully saturated rings. The Labute approximate surface area is 118 Å². The highest BCUT2D eigenvalue weighted by atomic mass is 16.4. The molecule has 0 bridgehead atoms. The summed E-state index contributed by atoms with van der Waals surface area (Å²) in [6.45, 7) is 4.55. The molecule has 1 saturated heterocycles. The summed E-state index contributed by atoms with van der Waals surface area (Å²) >= 11 is 0. The van der Waals surface area contributed by atoms with E-state index >= 15 is 0 Å². The first-order valence-electron chi connectivity index (χ1n) is 6.79. The lowest BCUT2D eigenvalue weighted by molar-refractivity contribution is 0.239. The number of nitrogens with zero attached hydrogens (tertiary/aromatic N) is 4. The summed E-state index contributed by atoms with van der Waals surface area (Å²) in [5, 5.41) is 30.0. The molecular weight excluding hydrogens is 258 g/mol. The third-order valence-corrected chi connectivity index (χ3v) is 3.91. The Morgan fingerprint density at radius 3 is 2.80 bits per heavy atom. The average molecular weight is 279 g/mol. The fourth-order valence-electron chi connectivity index (χ4n) is 2.62. The van der Waals surface area contributed by atoms with Crippen LogP contribution in [0.3, 0.4) is 0 Å². The average Bonchev–Trinajstić information content (AvgIpc) is 2.49. The molecule has 0 spiro atoms. The molecule has 2 heterocycles. The number of anilines is 1. The Morgan fingerprint density at radius 1 is 1.40 bits per heavy atom. The molecule has 1 aromatic rings. The zero-order valence-electron chi connectivity index (χ0n) is 11.9. The largest absolute Gasteiger partial charge is 0.409 e. The summed E-state index contributed by atoms with van der Waals surface area (Å²) in [5.74, 6) is 0.611. The van der Waals surface area contributed by atoms with Crippen molar-refractivity contribution in [2.45, 2.75) is 39.2 Å². The van der Waals surface area contributed by atoms with E-state index < -0.39 is 0 Å². The number of hydrogen-bond donors (Lipinski definition) is 3. The van der Waals surface area contributed by atoms with Gasteiger partial charge in [-0.1, -0.05) is 5.16 Å². The lowest BCUT2D eigenvalue weighted by Crippen LogP contribution is -2.43. The van der Waals surface area contributed by atoms with E-state index in [9.17, 15) is 5.11 Å². The number of rotatable bonds is 3. The van der Waals surface area contributed by atoms with Crippen molar-refractivity contribution in [1.82, 2.24) is 10.2 Å². The Bertz CT molecular complexity index is 518. The van der Waals surface area contributed by atoms with Gasteiger partial charge in [-0.2, -0.15) is 5.10 Å². The topological polar surface area (TPSA) is 108 Å². The van der Waals surface area contributed by atoms with Crippen LogP contribution in [-0.2, 0) is 0 Å². The molecule has 4 N–H and O–H groups in total. The summed E-state index contributed by atoms with van der Waals surface area (Å²) in [7, 11) is 0. The maximum atomic E-state index is 9.53. The van der Waals surface area contributed by atoms with E-state index in [1.807, 2.05) is 18.7 Å². The van der Waals surface area contributed by atoms with Crippen LogP contribution in [0.5, 0.6) is 0 Å². The molecule has 0 aromatic carbocycles. The second kappa shape index (κ2) is 6.04. The SMILES string of the molecule is Cc1nnc(N2CCCCC2CO)c(C(N)=NO)c1C. The third kappa shape index (κ3) is 2.53. The lowest BCUT2D eigenvalue weighted by Gasteiger charge is -2.36. The highest BCUT2D eigenvalue weighted by Crippen LogP contribution is 2.28. The van der Waals surface area contributed by atoms with E-state index in [1.165, 1.54) is 0 Å². The summed E-state index contributed by atoms with van der Waals surface area (Å²) in [6.07, 6.45) is 3.01. The van der Waals surface area contributed by atoms with Gasteiger partial charge in [0.2, 0.25) is 0 Å². The van der Waals surface area contributed by atoms with Crippen molar-refractivity contribution in [1.29, 1.82) is 0 Å². The van der Waals surface area contributed by atoms with Gasteiger partial charge in [0.1, 0.15) is 0 Å². The van der Waals surface area contributed by atoms with Crippen molar-refractivity contribution in [3.8, 4) is 0 Å². The van der Waals surface area contributed by atoms with Gasteiger partial charge < -0.3 is 20.9 Å². The molecule has 1 aromatic heterocycles. The Kier molecular flexibility index (Phi) is 4.39. The zero-order valence-corrected chi connectivity index (χ0v) is 11.9. The van der Waals surface area contributed by atoms with Crippen molar-refractivity contribution < 1.29 is 10.3 Å².